The van der Waals surface area contributed by atoms with E-state index in [-0.39, 0.29) is 11.9 Å². The summed E-state index contributed by atoms with van der Waals surface area (Å²) in [5, 5.41) is 7.45. The molecule has 1 fully saturated rings. The Labute approximate surface area is 152 Å². The van der Waals surface area contributed by atoms with Crippen molar-refractivity contribution in [2.45, 2.75) is 37.9 Å². The van der Waals surface area contributed by atoms with Gasteiger partial charge in [-0.1, -0.05) is 0 Å². The molecule has 0 bridgehead atoms. The Morgan fingerprint density at radius 3 is 2.96 bits per heavy atom. The Hall–Kier alpha value is -2.32. The van der Waals surface area contributed by atoms with Crippen molar-refractivity contribution in [3.63, 3.8) is 0 Å². The lowest BCUT2D eigenvalue weighted by atomic mass is 10.0. The Kier molecular flexibility index (Phi) is 5.21. The van der Waals surface area contributed by atoms with E-state index in [1.165, 1.54) is 18.1 Å². The van der Waals surface area contributed by atoms with Crippen LogP contribution in [0.15, 0.2) is 30.9 Å². The van der Waals surface area contributed by atoms with Gasteiger partial charge in [0.1, 0.15) is 5.69 Å². The third kappa shape index (κ3) is 3.76. The Morgan fingerprint density at radius 2 is 2.15 bits per heavy atom. The van der Waals surface area contributed by atoms with Gasteiger partial charge in [-0.25, -0.2) is 4.98 Å². The van der Waals surface area contributed by atoms with Gasteiger partial charge < -0.3 is 10.1 Å². The largest absolute Gasteiger partial charge is 0.381 e. The number of hydrogen-bond donors (Lipinski definition) is 1. The van der Waals surface area contributed by atoms with Crippen LogP contribution in [-0.2, 0) is 11.3 Å². The van der Waals surface area contributed by atoms with E-state index >= 15 is 0 Å². The summed E-state index contributed by atoms with van der Waals surface area (Å²) < 4.78 is 7.62. The normalized spacial score (nSPS) is 21.3. The number of nitrogens with zero attached hydrogens (tertiary/aromatic N) is 5. The maximum absolute atomic E-state index is 12.1. The molecule has 2 aromatic heterocycles. The number of rotatable bonds is 5. The highest BCUT2D eigenvalue weighted by Gasteiger charge is 2.30. The Bertz CT molecular complexity index is 728. The van der Waals surface area contributed by atoms with Crippen LogP contribution in [0.2, 0.25) is 0 Å². The maximum Gasteiger partial charge on any atom is 0.271 e. The molecule has 1 atom stereocenters. The topological polar surface area (TPSA) is 85.2 Å². The third-order valence-corrected chi connectivity index (χ3v) is 5.17. The second kappa shape index (κ2) is 7.92. The van der Waals surface area contributed by atoms with Gasteiger partial charge >= 0.3 is 0 Å². The monoisotopic (exact) mass is 356 g/mol. The van der Waals surface area contributed by atoms with Crippen molar-refractivity contribution in [1.82, 2.24) is 30.0 Å². The predicted molar refractivity (Wildman–Crippen MR) is 94.5 cm³/mol. The summed E-state index contributed by atoms with van der Waals surface area (Å²) in [6, 6.07) is 2.93. The molecule has 2 aromatic rings. The molecule has 0 unspecified atom stereocenters. The van der Waals surface area contributed by atoms with Gasteiger partial charge in [-0.2, -0.15) is 5.10 Å². The third-order valence-electron chi connectivity index (χ3n) is 5.17. The smallest absolute Gasteiger partial charge is 0.271 e. The average Bonchev–Trinajstić information content (AvgIpc) is 3.18. The van der Waals surface area contributed by atoms with Crippen molar-refractivity contribution in [2.75, 3.05) is 26.3 Å². The first-order valence-electron chi connectivity index (χ1n) is 9.19. The van der Waals surface area contributed by atoms with Crippen LogP contribution < -0.4 is 5.32 Å². The van der Waals surface area contributed by atoms with Gasteiger partial charge in [0.2, 0.25) is 0 Å². The summed E-state index contributed by atoms with van der Waals surface area (Å²) in [7, 11) is 0. The lowest BCUT2D eigenvalue weighted by Crippen LogP contribution is -2.46. The summed E-state index contributed by atoms with van der Waals surface area (Å²) in [5.41, 5.74) is 1.59. The van der Waals surface area contributed by atoms with E-state index in [9.17, 15) is 4.79 Å². The minimum absolute atomic E-state index is 0.184. The fourth-order valence-corrected chi connectivity index (χ4v) is 3.82. The van der Waals surface area contributed by atoms with Crippen LogP contribution in [0.4, 0.5) is 0 Å². The minimum atomic E-state index is -0.184. The number of nitrogens with one attached hydrogen (secondary N) is 1. The predicted octanol–water partition coefficient (Wildman–Crippen LogP) is 1.03. The first kappa shape index (κ1) is 17.1. The van der Waals surface area contributed by atoms with Crippen molar-refractivity contribution >= 4 is 5.91 Å². The molecule has 26 heavy (non-hydrogen) atoms. The second-order valence-corrected chi connectivity index (χ2v) is 6.83. The van der Waals surface area contributed by atoms with E-state index in [1.807, 2.05) is 6.20 Å². The van der Waals surface area contributed by atoms with Crippen LogP contribution >= 0.6 is 0 Å². The molecular weight excluding hydrogens is 332 g/mol. The number of ether oxygens (including phenoxy) is 1. The van der Waals surface area contributed by atoms with Crippen LogP contribution in [0, 0.1) is 0 Å². The zero-order valence-corrected chi connectivity index (χ0v) is 14.8. The van der Waals surface area contributed by atoms with Crippen LogP contribution in [0.3, 0.4) is 0 Å². The standard InChI is InChI=1S/C18H24N6O2/c25-18(17-11-19-7-8-20-17)21-5-1-15-12-23(14-3-9-26-10-4-14)13-16-2-6-22-24(15)16/h2,6-8,11,14-15H,1,3-5,9-10,12-13H2,(H,21,25)/t15-/m1/s1. The molecule has 0 saturated carbocycles. The molecule has 0 spiro atoms. The number of carbonyl (C=O) groups excluding carboxylic acids is 1. The Morgan fingerprint density at radius 1 is 1.27 bits per heavy atom. The van der Waals surface area contributed by atoms with Crippen LogP contribution in [0.25, 0.3) is 0 Å². The molecule has 4 heterocycles. The van der Waals surface area contributed by atoms with Crippen molar-refractivity contribution in [3.8, 4) is 0 Å². The highest BCUT2D eigenvalue weighted by atomic mass is 16.5. The van der Waals surface area contributed by atoms with Crippen molar-refractivity contribution in [2.24, 2.45) is 0 Å². The molecule has 2 aliphatic heterocycles. The number of fused-ring (bicyclic) bond motifs is 1. The molecule has 2 aliphatic rings. The van der Waals surface area contributed by atoms with Gasteiger partial charge in [-0.3, -0.25) is 19.4 Å². The van der Waals surface area contributed by atoms with Gasteiger partial charge in [0.15, 0.2) is 0 Å². The van der Waals surface area contributed by atoms with E-state index in [2.05, 4.69) is 36.0 Å². The van der Waals surface area contributed by atoms with Gasteiger partial charge in [-0.15, -0.1) is 0 Å². The molecule has 1 amide bonds. The Balaban J connectivity index is 1.37. The van der Waals surface area contributed by atoms with Gasteiger partial charge in [0.05, 0.1) is 17.9 Å². The lowest BCUT2D eigenvalue weighted by molar-refractivity contribution is 0.0158. The summed E-state index contributed by atoms with van der Waals surface area (Å²) in [5.74, 6) is -0.184. The van der Waals surface area contributed by atoms with Crippen molar-refractivity contribution in [1.29, 1.82) is 0 Å². The van der Waals surface area contributed by atoms with E-state index < -0.39 is 0 Å². The summed E-state index contributed by atoms with van der Waals surface area (Å²) in [4.78, 5) is 22.7. The minimum Gasteiger partial charge on any atom is -0.381 e. The number of amides is 1. The first-order valence-corrected chi connectivity index (χ1v) is 9.19. The fraction of sp³-hybridized carbons (Fsp3) is 0.556. The van der Waals surface area contributed by atoms with Crippen molar-refractivity contribution in [3.05, 3.63) is 42.2 Å². The number of hydrogen-bond acceptors (Lipinski definition) is 6. The highest BCUT2D eigenvalue weighted by Crippen LogP contribution is 2.27. The summed E-state index contributed by atoms with van der Waals surface area (Å²) in [6.45, 7) is 4.17. The van der Waals surface area contributed by atoms with Gasteiger partial charge in [0.25, 0.3) is 5.91 Å². The lowest BCUT2D eigenvalue weighted by Gasteiger charge is -2.40. The zero-order valence-electron chi connectivity index (χ0n) is 14.8. The van der Waals surface area contributed by atoms with Crippen LogP contribution in [-0.4, -0.2) is 62.9 Å². The molecule has 1 saturated heterocycles. The molecule has 4 rings (SSSR count). The van der Waals surface area contributed by atoms with Crippen LogP contribution in [0.5, 0.6) is 0 Å². The number of carbonyl (C=O) groups is 1. The molecular formula is C18H24N6O2. The first-order chi connectivity index (χ1) is 12.8. The molecule has 0 aliphatic carbocycles. The van der Waals surface area contributed by atoms with Gasteiger partial charge in [0, 0.05) is 57.5 Å². The van der Waals surface area contributed by atoms with Crippen LogP contribution in [0.1, 0.15) is 41.5 Å². The molecule has 8 nitrogen and oxygen atoms in total. The molecule has 0 aromatic carbocycles. The van der Waals surface area contributed by atoms with Gasteiger partial charge in [-0.05, 0) is 25.3 Å². The molecule has 0 radical (unpaired) electrons. The highest BCUT2D eigenvalue weighted by molar-refractivity contribution is 5.91. The van der Waals surface area contributed by atoms with E-state index in [1.54, 1.807) is 6.20 Å². The molecule has 138 valence electrons. The van der Waals surface area contributed by atoms with E-state index in [0.29, 0.717) is 18.3 Å². The van der Waals surface area contributed by atoms with E-state index in [4.69, 9.17) is 4.74 Å². The summed E-state index contributed by atoms with van der Waals surface area (Å²) >= 11 is 0. The van der Waals surface area contributed by atoms with Crippen molar-refractivity contribution < 1.29 is 9.53 Å². The summed E-state index contributed by atoms with van der Waals surface area (Å²) in [6.07, 6.45) is 9.44. The fourth-order valence-electron chi connectivity index (χ4n) is 3.82. The molecule has 1 N–H and O–H groups in total. The second-order valence-electron chi connectivity index (χ2n) is 6.83. The average molecular weight is 356 g/mol. The quantitative estimate of drug-likeness (QED) is 0.861. The zero-order chi connectivity index (χ0) is 17.8. The van der Waals surface area contributed by atoms with E-state index in [0.717, 1.165) is 45.6 Å². The number of aromatic nitrogens is 4. The molecule has 8 heteroatoms. The maximum atomic E-state index is 12.1. The SMILES string of the molecule is O=C(NCC[C@@H]1CN(C2CCOCC2)Cc2ccnn21)c1cnccn1.